The van der Waals surface area contributed by atoms with Crippen LogP contribution in [0.15, 0.2) is 17.3 Å². The van der Waals surface area contributed by atoms with Gasteiger partial charge in [0, 0.05) is 13.6 Å². The predicted octanol–water partition coefficient (Wildman–Crippen LogP) is 0.300. The fraction of sp³-hybridized carbons (Fsp3) is 0.636. The number of rotatable bonds is 6. The lowest BCUT2D eigenvalue weighted by Gasteiger charge is -2.32. The number of aromatic nitrogens is 2. The zero-order valence-corrected chi connectivity index (χ0v) is 12.4. The molecule has 0 aliphatic rings. The standard InChI is InChI=1S/C11H20N4O3S/c1-5-12-10-13-6-9(7-14-10)19(17,18)15(4)11(2,3)8-16/h6-7,16H,5,8H2,1-4H3,(H,12,13,14). The first-order valence-corrected chi connectivity index (χ1v) is 7.35. The van der Waals surface area contributed by atoms with Crippen molar-refractivity contribution in [3.05, 3.63) is 12.4 Å². The first kappa shape index (κ1) is 15.8. The number of hydrogen-bond acceptors (Lipinski definition) is 6. The molecule has 1 rings (SSSR count). The second-order valence-corrected chi connectivity index (χ2v) is 6.69. The first-order valence-electron chi connectivity index (χ1n) is 5.91. The van der Waals surface area contributed by atoms with E-state index < -0.39 is 15.6 Å². The number of aliphatic hydroxyl groups excluding tert-OH is 1. The molecule has 0 unspecified atom stereocenters. The maximum Gasteiger partial charge on any atom is 0.246 e. The summed E-state index contributed by atoms with van der Waals surface area (Å²) in [7, 11) is -2.30. The molecule has 0 aromatic carbocycles. The van der Waals surface area contributed by atoms with Crippen LogP contribution in [0.2, 0.25) is 0 Å². The molecule has 0 bridgehead atoms. The monoisotopic (exact) mass is 288 g/mol. The number of anilines is 1. The van der Waals surface area contributed by atoms with Crippen molar-refractivity contribution < 1.29 is 13.5 Å². The van der Waals surface area contributed by atoms with Crippen LogP contribution in [0.1, 0.15) is 20.8 Å². The lowest BCUT2D eigenvalue weighted by Crippen LogP contribution is -2.47. The zero-order chi connectivity index (χ0) is 14.7. The van der Waals surface area contributed by atoms with Crippen LogP contribution >= 0.6 is 0 Å². The molecule has 1 aromatic rings. The third-order valence-electron chi connectivity index (χ3n) is 2.86. The molecule has 0 saturated heterocycles. The SMILES string of the molecule is CCNc1ncc(S(=O)(=O)N(C)C(C)(C)CO)cn1. The van der Waals surface area contributed by atoms with E-state index in [1.165, 1.54) is 19.4 Å². The molecule has 0 radical (unpaired) electrons. The molecule has 0 aliphatic heterocycles. The number of nitrogens with zero attached hydrogens (tertiary/aromatic N) is 3. The summed E-state index contributed by atoms with van der Waals surface area (Å²) in [6.07, 6.45) is 2.51. The van der Waals surface area contributed by atoms with Gasteiger partial charge in [-0.3, -0.25) is 0 Å². The summed E-state index contributed by atoms with van der Waals surface area (Å²) < 4.78 is 25.8. The maximum absolute atomic E-state index is 12.3. The van der Waals surface area contributed by atoms with E-state index in [1.54, 1.807) is 13.8 Å². The van der Waals surface area contributed by atoms with Crippen LogP contribution in [0.5, 0.6) is 0 Å². The van der Waals surface area contributed by atoms with Crippen LogP contribution in [0.25, 0.3) is 0 Å². The topological polar surface area (TPSA) is 95.4 Å². The minimum absolute atomic E-state index is 0.00169. The fourth-order valence-electron chi connectivity index (χ4n) is 1.28. The predicted molar refractivity (Wildman–Crippen MR) is 72.3 cm³/mol. The number of nitrogens with one attached hydrogen (secondary N) is 1. The Morgan fingerprint density at radius 2 is 1.89 bits per heavy atom. The van der Waals surface area contributed by atoms with E-state index in [0.29, 0.717) is 12.5 Å². The van der Waals surface area contributed by atoms with Crippen LogP contribution in [-0.4, -0.2) is 53.5 Å². The van der Waals surface area contributed by atoms with Crippen molar-refractivity contribution in [3.8, 4) is 0 Å². The van der Waals surface area contributed by atoms with Crippen LogP contribution in [0.4, 0.5) is 5.95 Å². The smallest absolute Gasteiger partial charge is 0.246 e. The van der Waals surface area contributed by atoms with E-state index in [1.807, 2.05) is 6.92 Å². The molecular weight excluding hydrogens is 268 g/mol. The number of likely N-dealkylation sites (N-methyl/N-ethyl adjacent to an activating group) is 1. The van der Waals surface area contributed by atoms with E-state index in [2.05, 4.69) is 15.3 Å². The highest BCUT2D eigenvalue weighted by Gasteiger charge is 2.33. The van der Waals surface area contributed by atoms with Crippen LogP contribution in [0, 0.1) is 0 Å². The van der Waals surface area contributed by atoms with Gasteiger partial charge in [-0.05, 0) is 20.8 Å². The first-order chi connectivity index (χ1) is 8.75. The molecule has 19 heavy (non-hydrogen) atoms. The molecule has 1 heterocycles. The third-order valence-corrected chi connectivity index (χ3v) is 4.88. The molecule has 0 spiro atoms. The number of hydrogen-bond donors (Lipinski definition) is 2. The minimum atomic E-state index is -3.72. The summed E-state index contributed by atoms with van der Waals surface area (Å²) in [6.45, 7) is 5.55. The number of sulfonamides is 1. The third kappa shape index (κ3) is 3.40. The largest absolute Gasteiger partial charge is 0.394 e. The van der Waals surface area contributed by atoms with E-state index in [4.69, 9.17) is 0 Å². The van der Waals surface area contributed by atoms with Gasteiger partial charge in [0.15, 0.2) is 0 Å². The van der Waals surface area contributed by atoms with Crippen molar-refractivity contribution >= 4 is 16.0 Å². The molecule has 7 nitrogen and oxygen atoms in total. The normalized spacial score (nSPS) is 12.7. The molecular formula is C11H20N4O3S. The van der Waals surface area contributed by atoms with Crippen LogP contribution in [0.3, 0.4) is 0 Å². The average molecular weight is 288 g/mol. The number of aliphatic hydroxyl groups is 1. The van der Waals surface area contributed by atoms with E-state index >= 15 is 0 Å². The van der Waals surface area contributed by atoms with E-state index in [9.17, 15) is 13.5 Å². The molecule has 1 aromatic heterocycles. The zero-order valence-electron chi connectivity index (χ0n) is 11.6. The highest BCUT2D eigenvalue weighted by atomic mass is 32.2. The van der Waals surface area contributed by atoms with Crippen LogP contribution < -0.4 is 5.32 Å². The molecule has 8 heteroatoms. The summed E-state index contributed by atoms with van der Waals surface area (Å²) >= 11 is 0. The van der Waals surface area contributed by atoms with Gasteiger partial charge in [-0.1, -0.05) is 0 Å². The highest BCUT2D eigenvalue weighted by Crippen LogP contribution is 2.21. The summed E-state index contributed by atoms with van der Waals surface area (Å²) in [6, 6.07) is 0. The molecule has 0 saturated carbocycles. The Hall–Kier alpha value is -1.25. The van der Waals surface area contributed by atoms with Gasteiger partial charge in [0.1, 0.15) is 4.90 Å². The van der Waals surface area contributed by atoms with Crippen molar-refractivity contribution in [1.82, 2.24) is 14.3 Å². The van der Waals surface area contributed by atoms with Gasteiger partial charge >= 0.3 is 0 Å². The Kier molecular flexibility index (Phi) is 4.83. The Balaban J connectivity index is 3.07. The fourth-order valence-corrected chi connectivity index (χ4v) is 2.68. The summed E-state index contributed by atoms with van der Waals surface area (Å²) in [5.41, 5.74) is -0.890. The van der Waals surface area contributed by atoms with Crippen LogP contribution in [-0.2, 0) is 10.0 Å². The van der Waals surface area contributed by atoms with Gasteiger partial charge in [0.05, 0.1) is 24.5 Å². The molecule has 0 amide bonds. The average Bonchev–Trinajstić information content (AvgIpc) is 2.39. The molecule has 0 aliphatic carbocycles. The Labute approximate surface area is 113 Å². The van der Waals surface area contributed by atoms with Gasteiger partial charge in [0.2, 0.25) is 16.0 Å². The lowest BCUT2D eigenvalue weighted by atomic mass is 10.1. The van der Waals surface area contributed by atoms with E-state index in [-0.39, 0.29) is 11.5 Å². The van der Waals surface area contributed by atoms with Gasteiger partial charge in [-0.2, -0.15) is 4.31 Å². The Bertz CT molecular complexity index is 513. The molecule has 0 fully saturated rings. The molecule has 2 N–H and O–H groups in total. The maximum atomic E-state index is 12.3. The second kappa shape index (κ2) is 5.81. The van der Waals surface area contributed by atoms with Crippen molar-refractivity contribution in [1.29, 1.82) is 0 Å². The summed E-state index contributed by atoms with van der Waals surface area (Å²) in [5.74, 6) is 0.380. The molecule has 0 atom stereocenters. The summed E-state index contributed by atoms with van der Waals surface area (Å²) in [5, 5.41) is 12.1. The Morgan fingerprint density at radius 3 is 2.32 bits per heavy atom. The van der Waals surface area contributed by atoms with Gasteiger partial charge in [-0.15, -0.1) is 0 Å². The van der Waals surface area contributed by atoms with Crippen molar-refractivity contribution in [2.75, 3.05) is 25.5 Å². The van der Waals surface area contributed by atoms with Crippen molar-refractivity contribution in [3.63, 3.8) is 0 Å². The van der Waals surface area contributed by atoms with Gasteiger partial charge < -0.3 is 10.4 Å². The van der Waals surface area contributed by atoms with Crippen molar-refractivity contribution in [2.45, 2.75) is 31.2 Å². The lowest BCUT2D eigenvalue weighted by molar-refractivity contribution is 0.138. The van der Waals surface area contributed by atoms with Crippen molar-refractivity contribution in [2.24, 2.45) is 0 Å². The highest BCUT2D eigenvalue weighted by molar-refractivity contribution is 7.89. The van der Waals surface area contributed by atoms with E-state index in [0.717, 1.165) is 4.31 Å². The molecule has 108 valence electrons. The quantitative estimate of drug-likeness (QED) is 0.781. The Morgan fingerprint density at radius 1 is 1.37 bits per heavy atom. The van der Waals surface area contributed by atoms with Gasteiger partial charge in [-0.25, -0.2) is 18.4 Å². The second-order valence-electron chi connectivity index (χ2n) is 4.72. The summed E-state index contributed by atoms with van der Waals surface area (Å²) in [4.78, 5) is 7.87. The van der Waals surface area contributed by atoms with Gasteiger partial charge in [0.25, 0.3) is 0 Å². The minimum Gasteiger partial charge on any atom is -0.394 e.